The molecule has 2 fully saturated rings. The quantitative estimate of drug-likeness (QED) is 0.205. The number of para-hydroxylation sites is 1. The number of likely N-dealkylation sites (tertiary alicyclic amines) is 1. The summed E-state index contributed by atoms with van der Waals surface area (Å²) in [4.78, 5) is 36.5. The average Bonchev–Trinajstić information content (AvgIpc) is 3.56. The highest BCUT2D eigenvalue weighted by Crippen LogP contribution is 2.36. The van der Waals surface area contributed by atoms with Gasteiger partial charge in [0.25, 0.3) is 11.8 Å². The van der Waals surface area contributed by atoms with Gasteiger partial charge >= 0.3 is 0 Å². The fraction of sp³-hybridized carbons (Fsp3) is 0.289. The van der Waals surface area contributed by atoms with Crippen LogP contribution in [-0.2, 0) is 19.9 Å². The number of nitrogens with two attached hydrogens (primary N) is 1. The Balaban J connectivity index is 0.000000175. The summed E-state index contributed by atoms with van der Waals surface area (Å²) in [6.07, 6.45) is 5.96. The molecule has 3 N–H and O–H groups in total. The van der Waals surface area contributed by atoms with Gasteiger partial charge in [-0.3, -0.25) is 14.3 Å². The summed E-state index contributed by atoms with van der Waals surface area (Å²) in [6.45, 7) is 2.42. The van der Waals surface area contributed by atoms with Crippen LogP contribution in [0.5, 0.6) is 0 Å². The molecule has 6 aromatic rings. The third kappa shape index (κ3) is 7.63. The zero-order chi connectivity index (χ0) is 35.2. The topological polar surface area (TPSA) is 155 Å². The first-order chi connectivity index (χ1) is 25.0. The van der Waals surface area contributed by atoms with Gasteiger partial charge in [0.1, 0.15) is 17.3 Å². The van der Waals surface area contributed by atoms with Crippen molar-refractivity contribution < 1.29 is 9.59 Å². The van der Waals surface area contributed by atoms with Gasteiger partial charge in [0.15, 0.2) is 11.6 Å². The van der Waals surface area contributed by atoms with E-state index >= 15 is 0 Å². The van der Waals surface area contributed by atoms with E-state index in [-0.39, 0.29) is 11.8 Å². The fourth-order valence-corrected chi connectivity index (χ4v) is 5.89. The minimum absolute atomic E-state index is 0.134. The van der Waals surface area contributed by atoms with Crippen LogP contribution < -0.4 is 11.1 Å². The summed E-state index contributed by atoms with van der Waals surface area (Å²) in [5, 5.41) is 16.4. The molecule has 2 amide bonds. The number of amides is 2. The van der Waals surface area contributed by atoms with Crippen LogP contribution in [0.25, 0.3) is 28.5 Å². The van der Waals surface area contributed by atoms with Crippen LogP contribution in [0.1, 0.15) is 57.8 Å². The SMILES string of the molecule is Cn1ncc(C(=O)N2CCC2)c1C(=O)NCCc1nc(-c2ccccc2)nn1C1CC1.NCCc1nc(-c2ccccc2)nn1-c1ccccc1. The molecule has 51 heavy (non-hydrogen) atoms. The van der Waals surface area contributed by atoms with Crippen LogP contribution in [0.3, 0.4) is 0 Å². The molecule has 13 nitrogen and oxygen atoms in total. The maximum absolute atomic E-state index is 12.8. The van der Waals surface area contributed by atoms with Crippen LogP contribution in [-0.4, -0.2) is 82.2 Å². The van der Waals surface area contributed by atoms with Gasteiger partial charge in [-0.2, -0.15) is 10.2 Å². The minimum atomic E-state index is -0.301. The van der Waals surface area contributed by atoms with Crippen LogP contribution in [0.15, 0.2) is 97.2 Å². The first-order valence-corrected chi connectivity index (χ1v) is 17.4. The third-order valence-corrected chi connectivity index (χ3v) is 8.86. The third-order valence-electron chi connectivity index (χ3n) is 8.86. The molecule has 1 aliphatic carbocycles. The number of nitrogens with zero attached hydrogens (tertiary/aromatic N) is 9. The van der Waals surface area contributed by atoms with Crippen molar-refractivity contribution in [1.82, 2.24) is 49.5 Å². The summed E-state index contributed by atoms with van der Waals surface area (Å²) in [5.41, 5.74) is 9.33. The first-order valence-electron chi connectivity index (χ1n) is 17.4. The number of benzene rings is 3. The molecule has 8 rings (SSSR count). The number of hydrogen-bond donors (Lipinski definition) is 2. The highest BCUT2D eigenvalue weighted by molar-refractivity contribution is 6.06. The lowest BCUT2D eigenvalue weighted by atomic mass is 10.1. The van der Waals surface area contributed by atoms with Gasteiger partial charge in [0.2, 0.25) is 0 Å². The summed E-state index contributed by atoms with van der Waals surface area (Å²) >= 11 is 0. The molecule has 0 atom stereocenters. The molecule has 4 heterocycles. The van der Waals surface area contributed by atoms with Crippen LogP contribution in [0.4, 0.5) is 0 Å². The van der Waals surface area contributed by atoms with Crippen molar-refractivity contribution in [1.29, 1.82) is 0 Å². The van der Waals surface area contributed by atoms with Crippen LogP contribution >= 0.6 is 0 Å². The van der Waals surface area contributed by atoms with Crippen molar-refractivity contribution in [2.45, 2.75) is 38.1 Å². The molecular formula is C38H41N11O2. The van der Waals surface area contributed by atoms with E-state index in [1.807, 2.05) is 100 Å². The summed E-state index contributed by atoms with van der Waals surface area (Å²) in [5.74, 6) is 2.76. The van der Waals surface area contributed by atoms with Crippen molar-refractivity contribution in [3.8, 4) is 28.5 Å². The van der Waals surface area contributed by atoms with E-state index in [1.165, 1.54) is 10.9 Å². The molecule has 0 spiro atoms. The molecular weight excluding hydrogens is 642 g/mol. The first kappa shape index (κ1) is 33.5. The Morgan fingerprint density at radius 2 is 1.41 bits per heavy atom. The van der Waals surface area contributed by atoms with Crippen molar-refractivity contribution in [2.75, 3.05) is 26.2 Å². The predicted molar refractivity (Wildman–Crippen MR) is 193 cm³/mol. The molecule has 0 unspecified atom stereocenters. The standard InChI is InChI=1S/C22H25N7O2.C16H16N4/c1-27-19(17(14-24-27)22(31)28-12-5-13-28)21(30)23-11-10-18-25-20(15-6-3-2-4-7-15)26-29(18)16-8-9-16;17-12-11-15-18-16(13-7-3-1-4-8-13)19-20(15)14-9-5-2-6-10-14/h2-4,6-7,14,16H,5,8-13H2,1H3,(H,23,30);1-10H,11-12,17H2. The minimum Gasteiger partial charge on any atom is -0.350 e. The van der Waals surface area contributed by atoms with E-state index in [2.05, 4.69) is 20.5 Å². The van der Waals surface area contributed by atoms with Crippen LogP contribution in [0, 0.1) is 0 Å². The second-order valence-corrected chi connectivity index (χ2v) is 12.6. The van der Waals surface area contributed by atoms with E-state index in [1.54, 1.807) is 11.9 Å². The lowest BCUT2D eigenvalue weighted by Gasteiger charge is -2.30. The number of aryl methyl sites for hydroxylation is 1. The Morgan fingerprint density at radius 3 is 2.00 bits per heavy atom. The Kier molecular flexibility index (Phi) is 10.1. The zero-order valence-electron chi connectivity index (χ0n) is 28.6. The summed E-state index contributed by atoms with van der Waals surface area (Å²) in [6, 6.07) is 30.3. The number of rotatable bonds is 11. The average molecular weight is 684 g/mol. The summed E-state index contributed by atoms with van der Waals surface area (Å²) < 4.78 is 5.33. The molecule has 2 aliphatic rings. The molecule has 1 saturated carbocycles. The Morgan fingerprint density at radius 1 is 0.804 bits per heavy atom. The van der Waals surface area contributed by atoms with E-state index in [0.29, 0.717) is 49.1 Å². The van der Waals surface area contributed by atoms with Crippen LogP contribution in [0.2, 0.25) is 0 Å². The number of carbonyl (C=O) groups excluding carboxylic acids is 2. The molecule has 3 aromatic carbocycles. The molecule has 1 aliphatic heterocycles. The van der Waals surface area contributed by atoms with Gasteiger partial charge in [-0.05, 0) is 37.9 Å². The van der Waals surface area contributed by atoms with E-state index in [4.69, 9.17) is 15.8 Å². The van der Waals surface area contributed by atoms with Crippen molar-refractivity contribution in [2.24, 2.45) is 12.8 Å². The molecule has 13 heteroatoms. The van der Waals surface area contributed by atoms with E-state index < -0.39 is 0 Å². The Bertz CT molecular complexity index is 2080. The Labute approximate surface area is 296 Å². The number of aromatic nitrogens is 8. The lowest BCUT2D eigenvalue weighted by molar-refractivity contribution is 0.0647. The van der Waals surface area contributed by atoms with Gasteiger partial charge < -0.3 is 16.0 Å². The summed E-state index contributed by atoms with van der Waals surface area (Å²) in [7, 11) is 1.68. The smallest absolute Gasteiger partial charge is 0.270 e. The number of hydrogen-bond acceptors (Lipinski definition) is 8. The fourth-order valence-electron chi connectivity index (χ4n) is 5.89. The number of nitrogens with one attached hydrogen (secondary N) is 1. The second kappa shape index (κ2) is 15.3. The van der Waals surface area contributed by atoms with Gasteiger partial charge in [-0.1, -0.05) is 78.9 Å². The highest BCUT2D eigenvalue weighted by Gasteiger charge is 2.30. The van der Waals surface area contributed by atoms with Gasteiger partial charge in [-0.15, -0.1) is 5.10 Å². The van der Waals surface area contributed by atoms with Crippen molar-refractivity contribution in [3.63, 3.8) is 0 Å². The van der Waals surface area contributed by atoms with Gasteiger partial charge in [0, 0.05) is 50.7 Å². The van der Waals surface area contributed by atoms with Gasteiger partial charge in [-0.25, -0.2) is 19.3 Å². The zero-order valence-corrected chi connectivity index (χ0v) is 28.6. The molecule has 3 aromatic heterocycles. The largest absolute Gasteiger partial charge is 0.350 e. The van der Waals surface area contributed by atoms with Gasteiger partial charge in [0.05, 0.1) is 23.5 Å². The normalized spacial score (nSPS) is 13.6. The van der Waals surface area contributed by atoms with E-state index in [0.717, 1.165) is 66.6 Å². The van der Waals surface area contributed by atoms with E-state index in [9.17, 15) is 9.59 Å². The monoisotopic (exact) mass is 683 g/mol. The molecule has 0 radical (unpaired) electrons. The molecule has 0 bridgehead atoms. The maximum atomic E-state index is 12.8. The lowest BCUT2D eigenvalue weighted by Crippen LogP contribution is -2.43. The second-order valence-electron chi connectivity index (χ2n) is 12.6. The predicted octanol–water partition coefficient (Wildman–Crippen LogP) is 4.27. The molecule has 1 saturated heterocycles. The Hall–Kier alpha value is -5.95. The van der Waals surface area contributed by atoms with Crippen molar-refractivity contribution >= 4 is 11.8 Å². The molecule has 260 valence electrons. The number of carbonyl (C=O) groups is 2. The highest BCUT2D eigenvalue weighted by atomic mass is 16.2. The maximum Gasteiger partial charge on any atom is 0.270 e. The van der Waals surface area contributed by atoms with Crippen molar-refractivity contribution in [3.05, 3.63) is 120 Å².